The molecule has 1 fully saturated rings. The number of aliphatic hydroxyl groups is 1. The highest BCUT2D eigenvalue weighted by Gasteiger charge is 2.22. The molecular formula is C18H28N2O2. The number of benzene rings is 1. The van der Waals surface area contributed by atoms with Crippen LogP contribution in [0.5, 0.6) is 0 Å². The lowest BCUT2D eigenvalue weighted by atomic mass is 9.84. The predicted molar refractivity (Wildman–Crippen MR) is 88.5 cm³/mol. The molecule has 4 heteroatoms. The summed E-state index contributed by atoms with van der Waals surface area (Å²) >= 11 is 0. The van der Waals surface area contributed by atoms with Crippen molar-refractivity contribution in [2.24, 2.45) is 11.8 Å². The minimum atomic E-state index is -0.527. The Labute approximate surface area is 133 Å². The number of hydrogen-bond donors (Lipinski definition) is 3. The summed E-state index contributed by atoms with van der Waals surface area (Å²) in [6.07, 6.45) is 2.92. The van der Waals surface area contributed by atoms with Crippen molar-refractivity contribution in [2.45, 2.75) is 38.7 Å². The Morgan fingerprint density at radius 1 is 1.32 bits per heavy atom. The van der Waals surface area contributed by atoms with Gasteiger partial charge in [0.1, 0.15) is 0 Å². The van der Waals surface area contributed by atoms with Gasteiger partial charge < -0.3 is 15.7 Å². The van der Waals surface area contributed by atoms with Gasteiger partial charge in [-0.05, 0) is 43.3 Å². The number of amides is 1. The first-order valence-corrected chi connectivity index (χ1v) is 8.34. The minimum absolute atomic E-state index is 0.0538. The predicted octanol–water partition coefficient (Wildman–Crippen LogP) is 1.73. The number of carbonyl (C=O) groups excluding carboxylic acids is 1. The fraction of sp³-hybridized carbons (Fsp3) is 0.611. The van der Waals surface area contributed by atoms with Crippen molar-refractivity contribution < 1.29 is 9.90 Å². The van der Waals surface area contributed by atoms with E-state index in [1.54, 1.807) is 0 Å². The largest absolute Gasteiger partial charge is 0.391 e. The zero-order valence-corrected chi connectivity index (χ0v) is 13.4. The molecule has 2 rings (SSSR count). The summed E-state index contributed by atoms with van der Waals surface area (Å²) in [4.78, 5) is 12.0. The second kappa shape index (κ2) is 8.91. The third kappa shape index (κ3) is 5.78. The first kappa shape index (κ1) is 17.0. The first-order valence-electron chi connectivity index (χ1n) is 8.34. The molecule has 0 bridgehead atoms. The van der Waals surface area contributed by atoms with E-state index in [2.05, 4.69) is 17.6 Å². The van der Waals surface area contributed by atoms with E-state index in [0.29, 0.717) is 31.2 Å². The van der Waals surface area contributed by atoms with E-state index >= 15 is 0 Å². The van der Waals surface area contributed by atoms with E-state index in [9.17, 15) is 9.90 Å². The Hall–Kier alpha value is -1.39. The molecule has 0 aromatic heterocycles. The fourth-order valence-corrected chi connectivity index (χ4v) is 3.13. The van der Waals surface area contributed by atoms with Crippen molar-refractivity contribution >= 4 is 5.91 Å². The highest BCUT2D eigenvalue weighted by Crippen LogP contribution is 2.24. The molecule has 1 saturated heterocycles. The van der Waals surface area contributed by atoms with Crippen LogP contribution in [-0.2, 0) is 11.2 Å². The molecule has 0 aliphatic carbocycles. The monoisotopic (exact) mass is 304 g/mol. The molecule has 122 valence electrons. The molecule has 1 aromatic rings. The number of rotatable bonds is 7. The summed E-state index contributed by atoms with van der Waals surface area (Å²) in [5.41, 5.74) is 1.09. The van der Waals surface area contributed by atoms with Crippen molar-refractivity contribution in [1.82, 2.24) is 10.6 Å². The van der Waals surface area contributed by atoms with Gasteiger partial charge in [0, 0.05) is 19.4 Å². The van der Waals surface area contributed by atoms with Crippen LogP contribution in [0.3, 0.4) is 0 Å². The Morgan fingerprint density at radius 2 is 2.00 bits per heavy atom. The molecule has 0 spiro atoms. The van der Waals surface area contributed by atoms with E-state index < -0.39 is 6.10 Å². The van der Waals surface area contributed by atoms with Crippen molar-refractivity contribution in [3.63, 3.8) is 0 Å². The van der Waals surface area contributed by atoms with Crippen LogP contribution in [0.2, 0.25) is 0 Å². The van der Waals surface area contributed by atoms with Crippen LogP contribution in [-0.4, -0.2) is 36.8 Å². The van der Waals surface area contributed by atoms with Gasteiger partial charge in [0.25, 0.3) is 0 Å². The Bertz CT molecular complexity index is 444. The number of nitrogens with one attached hydrogen (secondary N) is 2. The Kier molecular flexibility index (Phi) is 6.87. The van der Waals surface area contributed by atoms with Crippen LogP contribution >= 0.6 is 0 Å². The molecule has 3 N–H and O–H groups in total. The minimum Gasteiger partial charge on any atom is -0.391 e. The van der Waals surface area contributed by atoms with Crippen LogP contribution in [0.1, 0.15) is 31.7 Å². The van der Waals surface area contributed by atoms with Gasteiger partial charge in [-0.25, -0.2) is 0 Å². The zero-order chi connectivity index (χ0) is 15.8. The molecule has 0 radical (unpaired) electrons. The number of carbonyl (C=O) groups is 1. The van der Waals surface area contributed by atoms with Gasteiger partial charge in [-0.2, -0.15) is 0 Å². The van der Waals surface area contributed by atoms with E-state index in [4.69, 9.17) is 0 Å². The second-order valence-electron chi connectivity index (χ2n) is 6.42. The maximum Gasteiger partial charge on any atom is 0.220 e. The molecule has 1 aliphatic rings. The molecule has 1 aromatic carbocycles. The van der Waals surface area contributed by atoms with Gasteiger partial charge in [-0.1, -0.05) is 37.3 Å². The highest BCUT2D eigenvalue weighted by molar-refractivity contribution is 5.76. The molecule has 1 aliphatic heterocycles. The smallest absolute Gasteiger partial charge is 0.220 e. The third-order valence-corrected chi connectivity index (χ3v) is 4.54. The topological polar surface area (TPSA) is 61.4 Å². The molecule has 1 heterocycles. The average Bonchev–Trinajstić information content (AvgIpc) is 2.55. The van der Waals surface area contributed by atoms with E-state index in [1.807, 2.05) is 30.3 Å². The average molecular weight is 304 g/mol. The van der Waals surface area contributed by atoms with E-state index in [0.717, 1.165) is 31.5 Å². The summed E-state index contributed by atoms with van der Waals surface area (Å²) in [7, 11) is 0. The number of piperidine rings is 1. The summed E-state index contributed by atoms with van der Waals surface area (Å²) in [5.74, 6) is 1.10. The number of hydrogen-bond acceptors (Lipinski definition) is 3. The van der Waals surface area contributed by atoms with Crippen molar-refractivity contribution in [1.29, 1.82) is 0 Å². The van der Waals surface area contributed by atoms with Gasteiger partial charge in [-0.3, -0.25) is 4.79 Å². The molecule has 1 amide bonds. The standard InChI is InChI=1S/C18H28N2O2/c1-14(16-7-9-19-10-8-16)11-18(22)20-13-17(21)12-15-5-3-2-4-6-15/h2-6,14,16-17,19,21H,7-13H2,1H3,(H,20,22). The van der Waals surface area contributed by atoms with E-state index in [1.165, 1.54) is 0 Å². The van der Waals surface area contributed by atoms with Crippen LogP contribution in [0, 0.1) is 11.8 Å². The molecule has 2 unspecified atom stereocenters. The van der Waals surface area contributed by atoms with Gasteiger partial charge in [0.2, 0.25) is 5.91 Å². The Morgan fingerprint density at radius 3 is 2.68 bits per heavy atom. The van der Waals surface area contributed by atoms with Gasteiger partial charge >= 0.3 is 0 Å². The van der Waals surface area contributed by atoms with Crippen molar-refractivity contribution in [2.75, 3.05) is 19.6 Å². The lowest BCUT2D eigenvalue weighted by Crippen LogP contribution is -2.36. The summed E-state index contributed by atoms with van der Waals surface area (Å²) in [6, 6.07) is 9.86. The fourth-order valence-electron chi connectivity index (χ4n) is 3.13. The van der Waals surface area contributed by atoms with Crippen molar-refractivity contribution in [3.05, 3.63) is 35.9 Å². The molecule has 0 saturated carbocycles. The Balaban J connectivity index is 1.66. The summed E-state index contributed by atoms with van der Waals surface area (Å²) in [6.45, 7) is 4.61. The maximum absolute atomic E-state index is 12.0. The van der Waals surface area contributed by atoms with Crippen LogP contribution in [0.4, 0.5) is 0 Å². The normalized spacial score (nSPS) is 18.6. The van der Waals surface area contributed by atoms with E-state index in [-0.39, 0.29) is 5.91 Å². The van der Waals surface area contributed by atoms with Crippen LogP contribution in [0.15, 0.2) is 30.3 Å². The lowest BCUT2D eigenvalue weighted by molar-refractivity contribution is -0.122. The molecule has 2 atom stereocenters. The summed E-state index contributed by atoms with van der Waals surface area (Å²) < 4.78 is 0. The SMILES string of the molecule is CC(CC(=O)NCC(O)Cc1ccccc1)C1CCNCC1. The quantitative estimate of drug-likeness (QED) is 0.719. The second-order valence-corrected chi connectivity index (χ2v) is 6.42. The van der Waals surface area contributed by atoms with Gasteiger partial charge in [0.05, 0.1) is 6.10 Å². The van der Waals surface area contributed by atoms with Crippen LogP contribution < -0.4 is 10.6 Å². The molecule has 22 heavy (non-hydrogen) atoms. The molecule has 4 nitrogen and oxygen atoms in total. The van der Waals surface area contributed by atoms with Crippen LogP contribution in [0.25, 0.3) is 0 Å². The summed E-state index contributed by atoms with van der Waals surface area (Å²) in [5, 5.41) is 16.2. The lowest BCUT2D eigenvalue weighted by Gasteiger charge is -2.28. The van der Waals surface area contributed by atoms with Gasteiger partial charge in [-0.15, -0.1) is 0 Å². The number of aliphatic hydroxyl groups excluding tert-OH is 1. The molecular weight excluding hydrogens is 276 g/mol. The zero-order valence-electron chi connectivity index (χ0n) is 13.4. The van der Waals surface area contributed by atoms with Crippen molar-refractivity contribution in [3.8, 4) is 0 Å². The third-order valence-electron chi connectivity index (χ3n) is 4.54. The highest BCUT2D eigenvalue weighted by atomic mass is 16.3. The first-order chi connectivity index (χ1) is 10.6. The maximum atomic E-state index is 12.0. The van der Waals surface area contributed by atoms with Gasteiger partial charge in [0.15, 0.2) is 0 Å².